The molecule has 0 bridgehead atoms. The lowest BCUT2D eigenvalue weighted by molar-refractivity contribution is 0.466. The molecule has 17 heavy (non-hydrogen) atoms. The third-order valence-electron chi connectivity index (χ3n) is 2.45. The maximum atomic E-state index is 6.07. The van der Waals surface area contributed by atoms with Gasteiger partial charge in [0.1, 0.15) is 5.76 Å². The van der Waals surface area contributed by atoms with Gasteiger partial charge in [-0.15, -0.1) is 0 Å². The van der Waals surface area contributed by atoms with E-state index < -0.39 is 0 Å². The van der Waals surface area contributed by atoms with Crippen molar-refractivity contribution in [1.82, 2.24) is 0 Å². The molecule has 90 valence electrons. The summed E-state index contributed by atoms with van der Waals surface area (Å²) in [6, 6.07) is 8.45. The normalized spacial score (nSPS) is 12.7. The lowest BCUT2D eigenvalue weighted by Crippen LogP contribution is -2.13. The van der Waals surface area contributed by atoms with E-state index >= 15 is 0 Å². The standard InChI is InChI=1S/C12H10Cl3NO/c13-8-2-1-3-9(14)7(8)6-10(16)11-4-5-12(15)17-11/h1-5,10H,6,16H2. The predicted molar refractivity (Wildman–Crippen MR) is 70.8 cm³/mol. The van der Waals surface area contributed by atoms with Crippen LogP contribution in [-0.4, -0.2) is 0 Å². The Bertz CT molecular complexity index is 504. The second kappa shape index (κ2) is 5.32. The number of furan rings is 1. The number of hydrogen-bond donors (Lipinski definition) is 1. The molecule has 0 spiro atoms. The highest BCUT2D eigenvalue weighted by Crippen LogP contribution is 2.29. The highest BCUT2D eigenvalue weighted by atomic mass is 35.5. The first-order chi connectivity index (χ1) is 8.08. The Labute approximate surface area is 114 Å². The van der Waals surface area contributed by atoms with Gasteiger partial charge in [-0.05, 0) is 47.9 Å². The Morgan fingerprint density at radius 1 is 1.06 bits per heavy atom. The van der Waals surface area contributed by atoms with Crippen LogP contribution in [-0.2, 0) is 6.42 Å². The first-order valence-electron chi connectivity index (χ1n) is 5.01. The van der Waals surface area contributed by atoms with Crippen molar-refractivity contribution in [3.63, 3.8) is 0 Å². The molecule has 2 nitrogen and oxygen atoms in total. The van der Waals surface area contributed by atoms with Gasteiger partial charge >= 0.3 is 0 Å². The Hall–Kier alpha value is -0.670. The second-order valence-electron chi connectivity index (χ2n) is 3.65. The smallest absolute Gasteiger partial charge is 0.193 e. The summed E-state index contributed by atoms with van der Waals surface area (Å²) in [4.78, 5) is 0. The Balaban J connectivity index is 2.21. The molecule has 2 rings (SSSR count). The minimum absolute atomic E-state index is 0.320. The summed E-state index contributed by atoms with van der Waals surface area (Å²) in [6.07, 6.45) is 0.502. The van der Waals surface area contributed by atoms with Gasteiger partial charge in [0, 0.05) is 10.0 Å². The number of nitrogens with two attached hydrogens (primary N) is 1. The van der Waals surface area contributed by atoms with E-state index in [0.717, 1.165) is 5.56 Å². The molecule has 0 aliphatic rings. The van der Waals surface area contributed by atoms with Crippen LogP contribution in [0.5, 0.6) is 0 Å². The summed E-state index contributed by atoms with van der Waals surface area (Å²) in [7, 11) is 0. The minimum Gasteiger partial charge on any atom is -0.448 e. The van der Waals surface area contributed by atoms with Crippen LogP contribution in [0.4, 0.5) is 0 Å². The zero-order valence-electron chi connectivity index (χ0n) is 8.79. The summed E-state index contributed by atoms with van der Waals surface area (Å²) in [6.45, 7) is 0. The van der Waals surface area contributed by atoms with Crippen LogP contribution < -0.4 is 5.73 Å². The first-order valence-corrected chi connectivity index (χ1v) is 6.15. The van der Waals surface area contributed by atoms with Crippen LogP contribution >= 0.6 is 34.8 Å². The highest BCUT2D eigenvalue weighted by molar-refractivity contribution is 6.36. The molecule has 0 saturated heterocycles. The first kappa shape index (κ1) is 12.8. The van der Waals surface area contributed by atoms with E-state index in [-0.39, 0.29) is 6.04 Å². The number of benzene rings is 1. The van der Waals surface area contributed by atoms with E-state index in [2.05, 4.69) is 0 Å². The Kier molecular flexibility index (Phi) is 4.00. The molecule has 0 radical (unpaired) electrons. The SMILES string of the molecule is NC(Cc1c(Cl)cccc1Cl)c1ccc(Cl)o1. The molecule has 2 aromatic rings. The fourth-order valence-electron chi connectivity index (χ4n) is 1.58. The molecule has 1 aromatic heterocycles. The predicted octanol–water partition coefficient (Wildman–Crippen LogP) is 4.48. The molecule has 0 aliphatic carbocycles. The van der Waals surface area contributed by atoms with E-state index in [1.165, 1.54) is 0 Å². The van der Waals surface area contributed by atoms with Crippen LogP contribution in [0.3, 0.4) is 0 Å². The van der Waals surface area contributed by atoms with Crippen molar-refractivity contribution < 1.29 is 4.42 Å². The van der Waals surface area contributed by atoms with Gasteiger partial charge in [-0.1, -0.05) is 29.3 Å². The molecule has 0 saturated carbocycles. The number of halogens is 3. The van der Waals surface area contributed by atoms with E-state index in [1.807, 2.05) is 0 Å². The largest absolute Gasteiger partial charge is 0.448 e. The molecule has 1 atom stereocenters. The monoisotopic (exact) mass is 289 g/mol. The maximum Gasteiger partial charge on any atom is 0.193 e. The second-order valence-corrected chi connectivity index (χ2v) is 4.84. The van der Waals surface area contributed by atoms with E-state index in [0.29, 0.717) is 27.4 Å². The van der Waals surface area contributed by atoms with Gasteiger partial charge in [0.25, 0.3) is 0 Å². The van der Waals surface area contributed by atoms with Crippen LogP contribution in [0.2, 0.25) is 15.3 Å². The third-order valence-corrected chi connectivity index (χ3v) is 3.36. The van der Waals surface area contributed by atoms with Gasteiger partial charge in [0.15, 0.2) is 5.22 Å². The average Bonchev–Trinajstić information content (AvgIpc) is 2.70. The Morgan fingerprint density at radius 3 is 2.24 bits per heavy atom. The van der Waals surface area contributed by atoms with E-state index in [9.17, 15) is 0 Å². The summed E-state index contributed by atoms with van der Waals surface area (Å²) < 4.78 is 5.25. The topological polar surface area (TPSA) is 39.2 Å². The van der Waals surface area contributed by atoms with Gasteiger partial charge in [-0.25, -0.2) is 0 Å². The highest BCUT2D eigenvalue weighted by Gasteiger charge is 2.15. The van der Waals surface area contributed by atoms with Gasteiger partial charge in [-0.3, -0.25) is 0 Å². The lowest BCUT2D eigenvalue weighted by Gasteiger charge is -2.11. The fraction of sp³-hybridized carbons (Fsp3) is 0.167. The molecule has 0 aliphatic heterocycles. The fourth-order valence-corrected chi connectivity index (χ4v) is 2.28. The number of hydrogen-bond acceptors (Lipinski definition) is 2. The van der Waals surface area contributed by atoms with E-state index in [1.54, 1.807) is 30.3 Å². The van der Waals surface area contributed by atoms with Crippen molar-refractivity contribution in [2.24, 2.45) is 5.73 Å². The summed E-state index contributed by atoms with van der Waals surface area (Å²) in [5, 5.41) is 1.52. The molecule has 0 amide bonds. The van der Waals surface area contributed by atoms with Gasteiger partial charge < -0.3 is 10.2 Å². The van der Waals surface area contributed by atoms with Crippen LogP contribution in [0.25, 0.3) is 0 Å². The average molecular weight is 291 g/mol. The quantitative estimate of drug-likeness (QED) is 0.905. The molecular formula is C12H10Cl3NO. The Morgan fingerprint density at radius 2 is 1.71 bits per heavy atom. The maximum absolute atomic E-state index is 6.07. The van der Waals surface area contributed by atoms with Crippen molar-refractivity contribution in [1.29, 1.82) is 0 Å². The molecular weight excluding hydrogens is 280 g/mol. The zero-order valence-corrected chi connectivity index (χ0v) is 11.1. The molecule has 1 aromatic carbocycles. The van der Waals surface area contributed by atoms with Crippen LogP contribution in [0.1, 0.15) is 17.4 Å². The molecule has 2 N–H and O–H groups in total. The van der Waals surface area contributed by atoms with Gasteiger partial charge in [-0.2, -0.15) is 0 Å². The molecule has 5 heteroatoms. The van der Waals surface area contributed by atoms with Gasteiger partial charge in [0.05, 0.1) is 6.04 Å². The number of rotatable bonds is 3. The van der Waals surface area contributed by atoms with Crippen molar-refractivity contribution in [3.8, 4) is 0 Å². The van der Waals surface area contributed by atoms with Crippen molar-refractivity contribution in [3.05, 3.63) is 56.9 Å². The molecule has 0 fully saturated rings. The minimum atomic E-state index is -0.320. The molecule has 1 unspecified atom stereocenters. The summed E-state index contributed by atoms with van der Waals surface area (Å²) in [5.41, 5.74) is 6.82. The van der Waals surface area contributed by atoms with Crippen molar-refractivity contribution in [2.75, 3.05) is 0 Å². The van der Waals surface area contributed by atoms with Crippen molar-refractivity contribution in [2.45, 2.75) is 12.5 Å². The van der Waals surface area contributed by atoms with E-state index in [4.69, 9.17) is 45.0 Å². The van der Waals surface area contributed by atoms with Crippen LogP contribution in [0, 0.1) is 0 Å². The van der Waals surface area contributed by atoms with Crippen LogP contribution in [0.15, 0.2) is 34.7 Å². The third kappa shape index (κ3) is 2.96. The lowest BCUT2D eigenvalue weighted by atomic mass is 10.0. The van der Waals surface area contributed by atoms with Gasteiger partial charge in [0.2, 0.25) is 0 Å². The summed E-state index contributed by atoms with van der Waals surface area (Å²) in [5.74, 6) is 0.617. The zero-order chi connectivity index (χ0) is 12.4. The molecule has 1 heterocycles. The van der Waals surface area contributed by atoms with Crippen molar-refractivity contribution >= 4 is 34.8 Å². The summed E-state index contributed by atoms with van der Waals surface area (Å²) >= 11 is 17.8.